The van der Waals surface area contributed by atoms with E-state index in [1.165, 1.54) is 24.4 Å². The Morgan fingerprint density at radius 1 is 1.03 bits per heavy atom. The third-order valence-electron chi connectivity index (χ3n) is 4.01. The second kappa shape index (κ2) is 9.97. The van der Waals surface area contributed by atoms with Crippen LogP contribution in [-0.2, 0) is 4.79 Å². The highest BCUT2D eigenvalue weighted by Crippen LogP contribution is 2.16. The summed E-state index contributed by atoms with van der Waals surface area (Å²) in [6.45, 7) is 1.74. The van der Waals surface area contributed by atoms with Gasteiger partial charge in [0.1, 0.15) is 17.3 Å². The van der Waals surface area contributed by atoms with Crippen molar-refractivity contribution in [3.63, 3.8) is 0 Å². The summed E-state index contributed by atoms with van der Waals surface area (Å²) in [5, 5.41) is 3.87. The molecule has 7 heteroatoms. The van der Waals surface area contributed by atoms with E-state index in [2.05, 4.69) is 10.5 Å². The SMILES string of the molecule is Cc1ccccc1OCC(=O)N/N=C/c1ccc(OC(=O)c2cccc(F)c2)cc1. The molecule has 0 spiro atoms. The Morgan fingerprint density at radius 3 is 2.53 bits per heavy atom. The number of hydrogen-bond acceptors (Lipinski definition) is 5. The first-order chi connectivity index (χ1) is 14.5. The van der Waals surface area contributed by atoms with Gasteiger partial charge in [-0.1, -0.05) is 24.3 Å². The number of nitrogens with zero attached hydrogens (tertiary/aromatic N) is 1. The Bertz CT molecular complexity index is 1060. The third kappa shape index (κ3) is 6.00. The molecule has 0 aliphatic rings. The highest BCUT2D eigenvalue weighted by molar-refractivity contribution is 5.91. The number of aryl methyl sites for hydroxylation is 1. The highest BCUT2D eigenvalue weighted by Gasteiger charge is 2.09. The van der Waals surface area contributed by atoms with Crippen molar-refractivity contribution in [2.45, 2.75) is 6.92 Å². The Morgan fingerprint density at radius 2 is 1.80 bits per heavy atom. The molecule has 0 aliphatic heterocycles. The zero-order valence-electron chi connectivity index (χ0n) is 16.2. The van der Waals surface area contributed by atoms with Gasteiger partial charge in [0, 0.05) is 0 Å². The van der Waals surface area contributed by atoms with Crippen molar-refractivity contribution < 1.29 is 23.5 Å². The average molecular weight is 406 g/mol. The number of rotatable bonds is 7. The summed E-state index contributed by atoms with van der Waals surface area (Å²) in [6.07, 6.45) is 1.45. The minimum Gasteiger partial charge on any atom is -0.483 e. The molecule has 0 bridgehead atoms. The van der Waals surface area contributed by atoms with Crippen LogP contribution in [0.25, 0.3) is 0 Å². The molecule has 0 heterocycles. The summed E-state index contributed by atoms with van der Waals surface area (Å²) >= 11 is 0. The van der Waals surface area contributed by atoms with Crippen molar-refractivity contribution in [1.82, 2.24) is 5.43 Å². The monoisotopic (exact) mass is 406 g/mol. The van der Waals surface area contributed by atoms with Crippen LogP contribution in [0.5, 0.6) is 11.5 Å². The summed E-state index contributed by atoms with van der Waals surface area (Å²) < 4.78 is 23.8. The van der Waals surface area contributed by atoms with Crippen LogP contribution >= 0.6 is 0 Å². The molecule has 0 aromatic heterocycles. The molecule has 6 nitrogen and oxygen atoms in total. The maximum Gasteiger partial charge on any atom is 0.343 e. The maximum atomic E-state index is 13.2. The molecular formula is C23H19FN2O4. The van der Waals surface area contributed by atoms with Crippen molar-refractivity contribution >= 4 is 18.1 Å². The number of amides is 1. The lowest BCUT2D eigenvalue weighted by Crippen LogP contribution is -2.24. The van der Waals surface area contributed by atoms with Crippen LogP contribution in [0.2, 0.25) is 0 Å². The fraction of sp³-hybridized carbons (Fsp3) is 0.0870. The van der Waals surface area contributed by atoms with Gasteiger partial charge in [0.25, 0.3) is 5.91 Å². The summed E-state index contributed by atoms with van der Waals surface area (Å²) in [6, 6.07) is 19.1. The predicted molar refractivity (Wildman–Crippen MR) is 110 cm³/mol. The van der Waals surface area contributed by atoms with Crippen molar-refractivity contribution in [2.24, 2.45) is 5.10 Å². The predicted octanol–water partition coefficient (Wildman–Crippen LogP) is 3.88. The third-order valence-corrected chi connectivity index (χ3v) is 4.01. The molecule has 3 aromatic carbocycles. The van der Waals surface area contributed by atoms with Gasteiger partial charge in [0.2, 0.25) is 0 Å². The summed E-state index contributed by atoms with van der Waals surface area (Å²) in [5.74, 6) is -0.619. The fourth-order valence-electron chi connectivity index (χ4n) is 2.48. The van der Waals surface area contributed by atoms with E-state index < -0.39 is 17.7 Å². The number of carbonyl (C=O) groups is 2. The first kappa shape index (κ1) is 20.7. The minimum atomic E-state index is -0.656. The second-order valence-electron chi connectivity index (χ2n) is 6.32. The van der Waals surface area contributed by atoms with E-state index in [9.17, 15) is 14.0 Å². The molecule has 152 valence electrons. The standard InChI is InChI=1S/C23H19FN2O4/c1-16-5-2-3-8-21(16)29-15-22(27)26-25-14-17-9-11-20(12-10-17)30-23(28)18-6-4-7-19(24)13-18/h2-14H,15H2,1H3,(H,26,27)/b25-14+. The Labute approximate surface area is 173 Å². The van der Waals surface area contributed by atoms with Crippen molar-refractivity contribution in [3.8, 4) is 11.5 Å². The summed E-state index contributed by atoms with van der Waals surface area (Å²) in [7, 11) is 0. The van der Waals surface area contributed by atoms with Gasteiger partial charge in [-0.05, 0) is 66.6 Å². The molecule has 0 unspecified atom stereocenters. The van der Waals surface area contributed by atoms with Gasteiger partial charge in [0.05, 0.1) is 11.8 Å². The van der Waals surface area contributed by atoms with E-state index in [-0.39, 0.29) is 12.2 Å². The Balaban J connectivity index is 1.48. The zero-order valence-corrected chi connectivity index (χ0v) is 16.2. The smallest absolute Gasteiger partial charge is 0.343 e. The number of benzene rings is 3. The number of halogens is 1. The number of nitrogens with one attached hydrogen (secondary N) is 1. The largest absolute Gasteiger partial charge is 0.483 e. The van der Waals surface area contributed by atoms with Gasteiger partial charge in [-0.3, -0.25) is 4.79 Å². The lowest BCUT2D eigenvalue weighted by Gasteiger charge is -2.07. The van der Waals surface area contributed by atoms with Crippen LogP contribution in [-0.4, -0.2) is 24.7 Å². The Hall–Kier alpha value is -4.00. The molecule has 0 atom stereocenters. The van der Waals surface area contributed by atoms with E-state index in [0.717, 1.165) is 11.6 Å². The molecule has 0 radical (unpaired) electrons. The number of ether oxygens (including phenoxy) is 2. The van der Waals surface area contributed by atoms with E-state index in [4.69, 9.17) is 9.47 Å². The highest BCUT2D eigenvalue weighted by atomic mass is 19.1. The van der Waals surface area contributed by atoms with Crippen molar-refractivity contribution in [3.05, 3.63) is 95.3 Å². The maximum absolute atomic E-state index is 13.2. The molecule has 0 aliphatic carbocycles. The molecule has 30 heavy (non-hydrogen) atoms. The topological polar surface area (TPSA) is 77.0 Å². The van der Waals surface area contributed by atoms with E-state index >= 15 is 0 Å². The van der Waals surface area contributed by atoms with Gasteiger partial charge in [-0.15, -0.1) is 0 Å². The van der Waals surface area contributed by atoms with E-state index in [1.807, 2.05) is 25.1 Å². The lowest BCUT2D eigenvalue weighted by atomic mass is 10.2. The first-order valence-corrected chi connectivity index (χ1v) is 9.09. The van der Waals surface area contributed by atoms with Crippen molar-refractivity contribution in [1.29, 1.82) is 0 Å². The number of hydrazone groups is 1. The lowest BCUT2D eigenvalue weighted by molar-refractivity contribution is -0.123. The van der Waals surface area contributed by atoms with Crippen molar-refractivity contribution in [2.75, 3.05) is 6.61 Å². The first-order valence-electron chi connectivity index (χ1n) is 9.09. The molecule has 0 fully saturated rings. The van der Waals surface area contributed by atoms with Gasteiger partial charge >= 0.3 is 5.97 Å². The van der Waals surface area contributed by atoms with E-state index in [0.29, 0.717) is 17.1 Å². The Kier molecular flexibility index (Phi) is 6.89. The number of para-hydroxylation sites is 1. The van der Waals surface area contributed by atoms with Gasteiger partial charge < -0.3 is 9.47 Å². The van der Waals surface area contributed by atoms with Gasteiger partial charge in [0.15, 0.2) is 6.61 Å². The number of hydrogen-bond donors (Lipinski definition) is 1. The van der Waals surface area contributed by atoms with Crippen LogP contribution in [0.15, 0.2) is 77.9 Å². The quantitative estimate of drug-likeness (QED) is 0.280. The normalized spacial score (nSPS) is 10.6. The summed E-state index contributed by atoms with van der Waals surface area (Å²) in [5.41, 5.74) is 4.12. The van der Waals surface area contributed by atoms with Gasteiger partial charge in [-0.25, -0.2) is 14.6 Å². The number of esters is 1. The molecule has 0 saturated heterocycles. The average Bonchev–Trinajstić information content (AvgIpc) is 2.74. The molecule has 0 saturated carbocycles. The van der Waals surface area contributed by atoms with Gasteiger partial charge in [-0.2, -0.15) is 5.10 Å². The fourth-order valence-corrected chi connectivity index (χ4v) is 2.48. The minimum absolute atomic E-state index is 0.122. The van der Waals surface area contributed by atoms with E-state index in [1.54, 1.807) is 30.3 Å². The van der Waals surface area contributed by atoms with Crippen LogP contribution in [0.3, 0.4) is 0 Å². The van der Waals surface area contributed by atoms with Crippen LogP contribution in [0.4, 0.5) is 4.39 Å². The molecule has 3 rings (SSSR count). The van der Waals surface area contributed by atoms with Crippen LogP contribution in [0.1, 0.15) is 21.5 Å². The summed E-state index contributed by atoms with van der Waals surface area (Å²) in [4.78, 5) is 23.8. The molecule has 1 N–H and O–H groups in total. The van der Waals surface area contributed by atoms with Crippen LogP contribution in [0, 0.1) is 12.7 Å². The second-order valence-corrected chi connectivity index (χ2v) is 6.32. The molecular weight excluding hydrogens is 387 g/mol. The molecule has 3 aromatic rings. The van der Waals surface area contributed by atoms with Crippen LogP contribution < -0.4 is 14.9 Å². The molecule has 1 amide bonds. The zero-order chi connectivity index (χ0) is 21.3. The number of carbonyl (C=O) groups excluding carboxylic acids is 2.